The molecule has 1 N–H and O–H groups in total. The van der Waals surface area contributed by atoms with Crippen molar-refractivity contribution in [2.45, 2.75) is 0 Å². The molecule has 22 heavy (non-hydrogen) atoms. The van der Waals surface area contributed by atoms with Crippen LogP contribution < -0.4 is 9.72 Å². The van der Waals surface area contributed by atoms with Gasteiger partial charge in [-0.1, -0.05) is 11.6 Å². The molecule has 0 fully saturated rings. The van der Waals surface area contributed by atoms with Crippen LogP contribution in [0.2, 0.25) is 5.02 Å². The van der Waals surface area contributed by atoms with E-state index in [1.54, 1.807) is 43.8 Å². The van der Waals surface area contributed by atoms with Crippen LogP contribution in [0.3, 0.4) is 0 Å². The lowest BCUT2D eigenvalue weighted by atomic mass is 10.2. The number of aromatic amines is 1. The van der Waals surface area contributed by atoms with Crippen LogP contribution in [0.15, 0.2) is 53.4 Å². The number of benzene rings is 1. The second-order valence-electron chi connectivity index (χ2n) is 4.52. The first-order chi connectivity index (χ1) is 10.7. The Hall–Kier alpha value is -2.66. The van der Waals surface area contributed by atoms with E-state index in [1.807, 2.05) is 12.1 Å². The highest BCUT2D eigenvalue weighted by molar-refractivity contribution is 6.34. The van der Waals surface area contributed by atoms with Crippen molar-refractivity contribution in [3.8, 4) is 5.75 Å². The first kappa shape index (κ1) is 14.3. The van der Waals surface area contributed by atoms with Gasteiger partial charge in [-0.25, -0.2) is 14.8 Å². The Bertz CT molecular complexity index is 785. The molecule has 110 valence electrons. The summed E-state index contributed by atoms with van der Waals surface area (Å²) >= 11 is 6.17. The molecule has 0 aliphatic carbocycles. The average Bonchev–Trinajstić information content (AvgIpc) is 2.89. The fourth-order valence-electron chi connectivity index (χ4n) is 1.98. The van der Waals surface area contributed by atoms with Crippen LogP contribution in [0, 0.1) is 0 Å². The number of nitrogens with one attached hydrogen (secondary N) is 1. The maximum Gasteiger partial charge on any atom is 0.363 e. The molecule has 0 unspecified atom stereocenters. The lowest BCUT2D eigenvalue weighted by molar-refractivity contribution is -0.378. The molecule has 0 saturated heterocycles. The number of ether oxygens (including phenoxy) is 2. The van der Waals surface area contributed by atoms with E-state index in [-0.39, 0.29) is 11.6 Å². The van der Waals surface area contributed by atoms with Crippen LogP contribution in [0.5, 0.6) is 5.75 Å². The molecule has 0 atom stereocenters. The van der Waals surface area contributed by atoms with Crippen molar-refractivity contribution in [2.75, 3.05) is 7.11 Å². The molecule has 1 aliphatic heterocycles. The Morgan fingerprint density at radius 2 is 2.23 bits per heavy atom. The molecule has 2 heterocycles. The third kappa shape index (κ3) is 2.84. The van der Waals surface area contributed by atoms with E-state index in [0.717, 1.165) is 5.56 Å². The van der Waals surface area contributed by atoms with Crippen molar-refractivity contribution in [3.63, 3.8) is 0 Å². The first-order valence-corrected chi connectivity index (χ1v) is 6.88. The number of rotatable bonds is 3. The average molecular weight is 316 g/mol. The van der Waals surface area contributed by atoms with E-state index in [0.29, 0.717) is 16.3 Å². The topological polar surface area (TPSA) is 62.0 Å². The van der Waals surface area contributed by atoms with Crippen LogP contribution in [0.4, 0.5) is 0 Å². The predicted octanol–water partition coefficient (Wildman–Crippen LogP) is 2.51. The molecule has 2 aromatic rings. The number of cyclic esters (lactones) is 1. The number of hydrogen-bond acceptors (Lipinski definition) is 4. The third-order valence-corrected chi connectivity index (χ3v) is 3.37. The smallest absolute Gasteiger partial charge is 0.363 e. The van der Waals surface area contributed by atoms with Gasteiger partial charge in [0.1, 0.15) is 5.75 Å². The van der Waals surface area contributed by atoms with Crippen LogP contribution in [-0.2, 0) is 9.53 Å². The number of carbonyl (C=O) groups is 1. The number of nitrogens with zero attached hydrogens (tertiary/aromatic N) is 1. The van der Waals surface area contributed by atoms with Gasteiger partial charge in [0.15, 0.2) is 18.1 Å². The molecule has 5 nitrogen and oxygen atoms in total. The molecule has 0 saturated carbocycles. The Balaban J connectivity index is 1.95. The Kier molecular flexibility index (Phi) is 3.89. The van der Waals surface area contributed by atoms with E-state index in [1.165, 1.54) is 0 Å². The van der Waals surface area contributed by atoms with Gasteiger partial charge in [-0.3, -0.25) is 0 Å². The summed E-state index contributed by atoms with van der Waals surface area (Å²) in [6.07, 6.45) is 5.18. The second-order valence-corrected chi connectivity index (χ2v) is 4.93. The lowest BCUT2D eigenvalue weighted by Crippen LogP contribution is -2.06. The highest BCUT2D eigenvalue weighted by Gasteiger charge is 2.25. The summed E-state index contributed by atoms with van der Waals surface area (Å²) in [5.74, 6) is 0.295. The molecule has 3 rings (SSSR count). The minimum atomic E-state index is -0.509. The zero-order valence-electron chi connectivity index (χ0n) is 11.7. The standard InChI is InChI=1S/C16H11ClN2O3/c1-21-11-4-5-12(13(17)8-11)15-19-14(16(20)22-15)7-10-3-2-6-18-9-10/h2-9H,1H3/p+1. The summed E-state index contributed by atoms with van der Waals surface area (Å²) in [6.45, 7) is 0. The van der Waals surface area contributed by atoms with Crippen molar-refractivity contribution in [1.29, 1.82) is 0 Å². The maximum atomic E-state index is 11.9. The van der Waals surface area contributed by atoms with Gasteiger partial charge in [-0.2, -0.15) is 0 Å². The molecular formula is C16H12ClN2O3+. The Morgan fingerprint density at radius 1 is 1.36 bits per heavy atom. The number of aromatic nitrogens is 1. The molecule has 1 aromatic heterocycles. The van der Waals surface area contributed by atoms with Gasteiger partial charge in [0.2, 0.25) is 5.90 Å². The molecule has 6 heteroatoms. The van der Waals surface area contributed by atoms with E-state index in [2.05, 4.69) is 9.98 Å². The number of pyridine rings is 1. The molecule has 0 bridgehead atoms. The van der Waals surface area contributed by atoms with Gasteiger partial charge >= 0.3 is 5.97 Å². The van der Waals surface area contributed by atoms with E-state index in [4.69, 9.17) is 21.1 Å². The first-order valence-electron chi connectivity index (χ1n) is 6.50. The largest absolute Gasteiger partial charge is 0.497 e. The molecule has 1 aromatic carbocycles. The monoisotopic (exact) mass is 315 g/mol. The van der Waals surface area contributed by atoms with Gasteiger partial charge in [-0.05, 0) is 30.3 Å². The van der Waals surface area contributed by atoms with Gasteiger partial charge in [0.25, 0.3) is 0 Å². The van der Waals surface area contributed by atoms with Crippen LogP contribution in [-0.4, -0.2) is 19.0 Å². The number of methoxy groups -OCH3 is 1. The van der Waals surface area contributed by atoms with Gasteiger partial charge < -0.3 is 9.47 Å². The summed E-state index contributed by atoms with van der Waals surface area (Å²) in [4.78, 5) is 19.1. The van der Waals surface area contributed by atoms with E-state index in [9.17, 15) is 4.79 Å². The highest BCUT2D eigenvalue weighted by Crippen LogP contribution is 2.26. The number of aliphatic imine (C=N–C) groups is 1. The van der Waals surface area contributed by atoms with Crippen LogP contribution in [0.25, 0.3) is 6.08 Å². The third-order valence-electron chi connectivity index (χ3n) is 3.06. The Morgan fingerprint density at radius 3 is 2.91 bits per heavy atom. The zero-order chi connectivity index (χ0) is 15.5. The summed E-state index contributed by atoms with van der Waals surface area (Å²) in [6, 6.07) is 8.75. The molecule has 0 amide bonds. The molecule has 0 spiro atoms. The number of esters is 1. The molecule has 1 aliphatic rings. The summed E-state index contributed by atoms with van der Waals surface area (Å²) in [7, 11) is 1.55. The van der Waals surface area contributed by atoms with Crippen LogP contribution >= 0.6 is 11.6 Å². The number of hydrogen-bond donors (Lipinski definition) is 0. The zero-order valence-corrected chi connectivity index (χ0v) is 12.4. The van der Waals surface area contributed by atoms with E-state index >= 15 is 0 Å². The fraction of sp³-hybridized carbons (Fsp3) is 0.0625. The van der Waals surface area contributed by atoms with Gasteiger partial charge in [-0.15, -0.1) is 0 Å². The van der Waals surface area contributed by atoms with Gasteiger partial charge in [0.05, 0.1) is 17.7 Å². The van der Waals surface area contributed by atoms with Crippen molar-refractivity contribution >= 4 is 29.5 Å². The predicted molar refractivity (Wildman–Crippen MR) is 81.6 cm³/mol. The normalized spacial score (nSPS) is 15.6. The highest BCUT2D eigenvalue weighted by atomic mass is 35.5. The Labute approximate surface area is 131 Å². The molecule has 0 radical (unpaired) electrons. The second kappa shape index (κ2) is 5.99. The van der Waals surface area contributed by atoms with Crippen molar-refractivity contribution in [3.05, 3.63) is 64.6 Å². The minimum Gasteiger partial charge on any atom is -0.497 e. The maximum absolute atomic E-state index is 11.9. The fourth-order valence-corrected chi connectivity index (χ4v) is 2.23. The minimum absolute atomic E-state index is 0.184. The number of H-pyrrole nitrogens is 1. The summed E-state index contributed by atoms with van der Waals surface area (Å²) < 4.78 is 10.3. The van der Waals surface area contributed by atoms with Crippen LogP contribution in [0.1, 0.15) is 11.1 Å². The van der Waals surface area contributed by atoms with Gasteiger partial charge in [0, 0.05) is 11.6 Å². The van der Waals surface area contributed by atoms with Crippen molar-refractivity contribution < 1.29 is 19.3 Å². The quantitative estimate of drug-likeness (QED) is 0.646. The van der Waals surface area contributed by atoms with Crippen molar-refractivity contribution in [1.82, 2.24) is 0 Å². The summed E-state index contributed by atoms with van der Waals surface area (Å²) in [5.41, 5.74) is 1.58. The SMILES string of the molecule is COc1ccc(C2=NC(=Cc3ccc[nH+]c3)C(=O)O2)c(Cl)c1. The number of carbonyl (C=O) groups excluding carboxylic acids is 1. The van der Waals surface area contributed by atoms with Crippen molar-refractivity contribution in [2.24, 2.45) is 4.99 Å². The van der Waals surface area contributed by atoms with E-state index < -0.39 is 5.97 Å². The number of halogens is 1. The summed E-state index contributed by atoms with van der Waals surface area (Å²) in [5, 5.41) is 0.403. The lowest BCUT2D eigenvalue weighted by Gasteiger charge is -2.05. The molecular weight excluding hydrogens is 304 g/mol.